The molecule has 0 bridgehead atoms. The van der Waals surface area contributed by atoms with Crippen LogP contribution in [-0.4, -0.2) is 35.1 Å². The number of hydrogen-bond acceptors (Lipinski definition) is 4. The molecule has 1 fully saturated rings. The van der Waals surface area contributed by atoms with E-state index in [9.17, 15) is 0 Å². The van der Waals surface area contributed by atoms with Gasteiger partial charge in [-0.2, -0.15) is 0 Å². The van der Waals surface area contributed by atoms with Crippen LogP contribution in [0.3, 0.4) is 0 Å². The zero-order valence-electron chi connectivity index (χ0n) is 13.2. The van der Waals surface area contributed by atoms with E-state index in [-0.39, 0.29) is 0 Å². The van der Waals surface area contributed by atoms with Crippen molar-refractivity contribution in [1.82, 2.24) is 15.2 Å². The summed E-state index contributed by atoms with van der Waals surface area (Å²) in [7, 11) is 0. The molecule has 0 radical (unpaired) electrons. The molecule has 1 aliphatic heterocycles. The Bertz CT molecular complexity index is 594. The number of piperazine rings is 1. The van der Waals surface area contributed by atoms with Crippen molar-refractivity contribution in [3.63, 3.8) is 0 Å². The zero-order chi connectivity index (χ0) is 14.8. The van der Waals surface area contributed by atoms with E-state index in [0.717, 1.165) is 24.2 Å². The molecule has 1 aromatic heterocycles. The van der Waals surface area contributed by atoms with E-state index in [0.29, 0.717) is 18.1 Å². The molecule has 0 saturated carbocycles. The van der Waals surface area contributed by atoms with Crippen molar-refractivity contribution in [2.24, 2.45) is 0 Å². The van der Waals surface area contributed by atoms with Gasteiger partial charge in [-0.1, -0.05) is 19.9 Å². The second kappa shape index (κ2) is 6.16. The fraction of sp³-hybridized carbons (Fsp3) is 0.588. The molecule has 0 amide bonds. The largest absolute Gasteiger partial charge is 0.443 e. The van der Waals surface area contributed by atoms with Crippen LogP contribution in [0.15, 0.2) is 29.0 Å². The number of hydrogen-bond donors (Lipinski definition) is 1. The SMILES string of the molecule is CC[C@H]1CN(C(C)c2ccc3ocnc3c2)[C@H](CC)CN1. The topological polar surface area (TPSA) is 41.3 Å². The van der Waals surface area contributed by atoms with Crippen molar-refractivity contribution >= 4 is 11.1 Å². The number of nitrogens with one attached hydrogen (secondary N) is 1. The molecule has 0 aliphatic carbocycles. The Morgan fingerprint density at radius 1 is 1.38 bits per heavy atom. The van der Waals surface area contributed by atoms with Gasteiger partial charge in [-0.15, -0.1) is 0 Å². The van der Waals surface area contributed by atoms with Crippen molar-refractivity contribution in [2.45, 2.75) is 51.7 Å². The van der Waals surface area contributed by atoms with Crippen LogP contribution in [0.4, 0.5) is 0 Å². The van der Waals surface area contributed by atoms with E-state index in [1.165, 1.54) is 24.8 Å². The van der Waals surface area contributed by atoms with Crippen LogP contribution >= 0.6 is 0 Å². The molecule has 1 N–H and O–H groups in total. The van der Waals surface area contributed by atoms with Crippen molar-refractivity contribution in [2.75, 3.05) is 13.1 Å². The molecular weight excluding hydrogens is 262 g/mol. The Kier molecular flexibility index (Phi) is 4.27. The standard InChI is InChI=1S/C17H25N3O/c1-4-14-10-20(15(5-2)9-18-14)12(3)13-6-7-17-16(8-13)19-11-21-17/h6-8,11-12,14-15,18H,4-5,9-10H2,1-3H3/t12?,14-,15+/m0/s1. The van der Waals surface area contributed by atoms with E-state index in [2.05, 4.69) is 48.1 Å². The van der Waals surface area contributed by atoms with Gasteiger partial charge >= 0.3 is 0 Å². The van der Waals surface area contributed by atoms with Gasteiger partial charge in [0.15, 0.2) is 12.0 Å². The van der Waals surface area contributed by atoms with Crippen LogP contribution in [-0.2, 0) is 0 Å². The molecule has 2 heterocycles. The van der Waals surface area contributed by atoms with Gasteiger partial charge < -0.3 is 9.73 Å². The van der Waals surface area contributed by atoms with Crippen LogP contribution in [0.1, 0.15) is 45.2 Å². The maximum absolute atomic E-state index is 5.34. The molecule has 3 rings (SSSR count). The lowest BCUT2D eigenvalue weighted by atomic mass is 9.98. The summed E-state index contributed by atoms with van der Waals surface area (Å²) in [6, 6.07) is 8.00. The van der Waals surface area contributed by atoms with Gasteiger partial charge in [0.2, 0.25) is 0 Å². The van der Waals surface area contributed by atoms with Crippen LogP contribution in [0.25, 0.3) is 11.1 Å². The van der Waals surface area contributed by atoms with Gasteiger partial charge in [0.1, 0.15) is 5.52 Å². The highest BCUT2D eigenvalue weighted by Gasteiger charge is 2.30. The lowest BCUT2D eigenvalue weighted by Gasteiger charge is -2.43. The molecule has 2 aromatic rings. The molecule has 21 heavy (non-hydrogen) atoms. The zero-order valence-corrected chi connectivity index (χ0v) is 13.2. The van der Waals surface area contributed by atoms with Crippen LogP contribution < -0.4 is 5.32 Å². The Balaban J connectivity index is 1.85. The summed E-state index contributed by atoms with van der Waals surface area (Å²) in [5.74, 6) is 0. The predicted molar refractivity (Wildman–Crippen MR) is 85.3 cm³/mol. The van der Waals surface area contributed by atoms with Crippen molar-refractivity contribution in [1.29, 1.82) is 0 Å². The first-order valence-corrected chi connectivity index (χ1v) is 8.05. The number of benzene rings is 1. The first kappa shape index (κ1) is 14.5. The third-order valence-electron chi connectivity index (χ3n) is 4.84. The maximum Gasteiger partial charge on any atom is 0.181 e. The average molecular weight is 287 g/mol. The normalized spacial score (nSPS) is 25.3. The van der Waals surface area contributed by atoms with E-state index in [1.807, 2.05) is 6.07 Å². The Morgan fingerprint density at radius 3 is 3.00 bits per heavy atom. The smallest absolute Gasteiger partial charge is 0.181 e. The number of oxazole rings is 1. The fourth-order valence-corrected chi connectivity index (χ4v) is 3.34. The minimum absolute atomic E-state index is 0.409. The summed E-state index contributed by atoms with van der Waals surface area (Å²) in [5, 5.41) is 3.66. The third-order valence-corrected chi connectivity index (χ3v) is 4.84. The van der Waals surface area contributed by atoms with E-state index in [1.54, 1.807) is 0 Å². The highest BCUT2D eigenvalue weighted by molar-refractivity contribution is 5.72. The minimum atomic E-state index is 0.409. The average Bonchev–Trinajstić information content (AvgIpc) is 3.01. The monoisotopic (exact) mass is 287 g/mol. The Morgan fingerprint density at radius 2 is 2.24 bits per heavy atom. The first-order chi connectivity index (χ1) is 10.2. The second-order valence-electron chi connectivity index (χ2n) is 6.03. The van der Waals surface area contributed by atoms with Gasteiger partial charge in [-0.25, -0.2) is 4.98 Å². The predicted octanol–water partition coefficient (Wildman–Crippen LogP) is 3.35. The van der Waals surface area contributed by atoms with Crippen LogP contribution in [0.5, 0.6) is 0 Å². The van der Waals surface area contributed by atoms with Crippen molar-refractivity contribution in [3.8, 4) is 0 Å². The molecule has 1 saturated heterocycles. The number of rotatable bonds is 4. The highest BCUT2D eigenvalue weighted by atomic mass is 16.3. The van der Waals surface area contributed by atoms with Crippen LogP contribution in [0, 0.1) is 0 Å². The first-order valence-electron chi connectivity index (χ1n) is 8.05. The summed E-state index contributed by atoms with van der Waals surface area (Å²) in [5.41, 5.74) is 3.14. The quantitative estimate of drug-likeness (QED) is 0.936. The molecule has 1 unspecified atom stereocenters. The minimum Gasteiger partial charge on any atom is -0.443 e. The Hall–Kier alpha value is -1.39. The fourth-order valence-electron chi connectivity index (χ4n) is 3.34. The van der Waals surface area contributed by atoms with Crippen molar-refractivity contribution in [3.05, 3.63) is 30.2 Å². The molecule has 4 nitrogen and oxygen atoms in total. The van der Waals surface area contributed by atoms with E-state index >= 15 is 0 Å². The molecule has 1 aliphatic rings. The molecule has 114 valence electrons. The van der Waals surface area contributed by atoms with Gasteiger partial charge in [-0.3, -0.25) is 4.90 Å². The van der Waals surface area contributed by atoms with Gasteiger partial charge in [0.05, 0.1) is 0 Å². The third kappa shape index (κ3) is 2.83. The van der Waals surface area contributed by atoms with Gasteiger partial charge in [0.25, 0.3) is 0 Å². The summed E-state index contributed by atoms with van der Waals surface area (Å²) in [6.45, 7) is 9.05. The highest BCUT2D eigenvalue weighted by Crippen LogP contribution is 2.28. The van der Waals surface area contributed by atoms with E-state index < -0.39 is 0 Å². The molecule has 4 heteroatoms. The lowest BCUT2D eigenvalue weighted by Crippen LogP contribution is -2.56. The van der Waals surface area contributed by atoms with Gasteiger partial charge in [-0.05, 0) is 37.5 Å². The number of fused-ring (bicyclic) bond motifs is 1. The molecule has 1 aromatic carbocycles. The Labute approximate surface area is 126 Å². The maximum atomic E-state index is 5.34. The summed E-state index contributed by atoms with van der Waals surface area (Å²) < 4.78 is 5.34. The van der Waals surface area contributed by atoms with Gasteiger partial charge in [0, 0.05) is 31.2 Å². The lowest BCUT2D eigenvalue weighted by molar-refractivity contribution is 0.0851. The van der Waals surface area contributed by atoms with E-state index in [4.69, 9.17) is 4.42 Å². The summed E-state index contributed by atoms with van der Waals surface area (Å²) >= 11 is 0. The van der Waals surface area contributed by atoms with Crippen LogP contribution in [0.2, 0.25) is 0 Å². The number of aromatic nitrogens is 1. The number of nitrogens with zero attached hydrogens (tertiary/aromatic N) is 2. The molecule has 3 atom stereocenters. The molecule has 0 spiro atoms. The molecular formula is C17H25N3O. The summed E-state index contributed by atoms with van der Waals surface area (Å²) in [6.07, 6.45) is 3.88. The second-order valence-corrected chi connectivity index (χ2v) is 6.03. The van der Waals surface area contributed by atoms with Crippen molar-refractivity contribution < 1.29 is 4.42 Å². The summed E-state index contributed by atoms with van der Waals surface area (Å²) in [4.78, 5) is 6.92.